The minimum Gasteiger partial charge on any atom is -0.494 e. The van der Waals surface area contributed by atoms with Crippen LogP contribution in [0.3, 0.4) is 0 Å². The average Bonchev–Trinajstić information content (AvgIpc) is 3.43. The molecule has 4 heterocycles. The van der Waals surface area contributed by atoms with E-state index >= 15 is 0 Å². The maximum atomic E-state index is 13.8. The first-order valence-electron chi connectivity index (χ1n) is 16.0. The molecule has 1 saturated heterocycles. The smallest absolute Gasteiger partial charge is 0.254 e. The lowest BCUT2D eigenvalue weighted by molar-refractivity contribution is 0.0696. The zero-order valence-corrected chi connectivity index (χ0v) is 26.2. The van der Waals surface area contributed by atoms with Gasteiger partial charge in [0.2, 0.25) is 0 Å². The molecule has 8 heteroatoms. The number of benzene rings is 2. The van der Waals surface area contributed by atoms with E-state index in [1.165, 1.54) is 30.2 Å². The van der Waals surface area contributed by atoms with Gasteiger partial charge in [0.1, 0.15) is 11.3 Å². The number of aryl methyl sites for hydroxylation is 3. The Labute approximate surface area is 258 Å². The van der Waals surface area contributed by atoms with Gasteiger partial charge in [0.25, 0.3) is 5.91 Å². The Morgan fingerprint density at radius 2 is 1.91 bits per heavy atom. The molecule has 3 aromatic heterocycles. The minimum atomic E-state index is 0.0963. The summed E-state index contributed by atoms with van der Waals surface area (Å²) in [5.41, 5.74) is 8.85. The molecule has 0 radical (unpaired) electrons. The highest BCUT2D eigenvalue weighted by Gasteiger charge is 2.46. The van der Waals surface area contributed by atoms with Crippen LogP contribution in [0.25, 0.3) is 33.5 Å². The van der Waals surface area contributed by atoms with Gasteiger partial charge in [-0.05, 0) is 99.2 Å². The van der Waals surface area contributed by atoms with Crippen molar-refractivity contribution in [2.45, 2.75) is 59.0 Å². The largest absolute Gasteiger partial charge is 0.494 e. The van der Waals surface area contributed by atoms with Crippen molar-refractivity contribution in [3.05, 3.63) is 65.5 Å². The zero-order valence-electron chi connectivity index (χ0n) is 26.2. The van der Waals surface area contributed by atoms with Crippen LogP contribution in [0, 0.1) is 31.6 Å². The summed E-state index contributed by atoms with van der Waals surface area (Å²) in [6, 6.07) is 15.2. The van der Waals surface area contributed by atoms with E-state index in [2.05, 4.69) is 75.6 Å². The van der Waals surface area contributed by atoms with Crippen molar-refractivity contribution in [1.29, 1.82) is 0 Å². The number of likely N-dealkylation sites (tertiary alicyclic amines) is 1. The second-order valence-corrected chi connectivity index (χ2v) is 13.4. The molecule has 2 aromatic carbocycles. The van der Waals surface area contributed by atoms with Crippen LogP contribution in [0.4, 0.5) is 11.4 Å². The second-order valence-electron chi connectivity index (χ2n) is 13.4. The van der Waals surface area contributed by atoms with E-state index in [-0.39, 0.29) is 5.91 Å². The van der Waals surface area contributed by atoms with Gasteiger partial charge in [0.05, 0.1) is 23.8 Å². The number of piperidine rings is 1. The number of pyridine rings is 1. The molecule has 0 spiro atoms. The van der Waals surface area contributed by atoms with Crippen molar-refractivity contribution < 1.29 is 9.53 Å². The van der Waals surface area contributed by atoms with Gasteiger partial charge in [0, 0.05) is 60.4 Å². The Morgan fingerprint density at radius 1 is 1.07 bits per heavy atom. The highest BCUT2D eigenvalue weighted by atomic mass is 16.5. The van der Waals surface area contributed by atoms with E-state index in [1.54, 1.807) is 7.11 Å². The number of imidazole rings is 1. The fourth-order valence-corrected chi connectivity index (χ4v) is 7.72. The van der Waals surface area contributed by atoms with Crippen LogP contribution in [0.15, 0.2) is 48.7 Å². The molecule has 226 valence electrons. The van der Waals surface area contributed by atoms with Crippen molar-refractivity contribution in [2.24, 2.45) is 24.8 Å². The third-order valence-electron chi connectivity index (χ3n) is 10.5. The number of methoxy groups -OCH3 is 1. The normalized spacial score (nSPS) is 21.1. The maximum Gasteiger partial charge on any atom is 0.254 e. The van der Waals surface area contributed by atoms with Crippen LogP contribution in [0.1, 0.15) is 54.2 Å². The Bertz CT molecular complexity index is 1950. The van der Waals surface area contributed by atoms with E-state index in [0.717, 1.165) is 64.7 Å². The topological polar surface area (TPSA) is 77.2 Å². The minimum absolute atomic E-state index is 0.0963. The molecular formula is C36H40N6O2. The van der Waals surface area contributed by atoms with Crippen molar-refractivity contribution in [3.8, 4) is 17.3 Å². The molecule has 2 unspecified atom stereocenters. The van der Waals surface area contributed by atoms with Gasteiger partial charge in [0.15, 0.2) is 5.82 Å². The van der Waals surface area contributed by atoms with Crippen LogP contribution in [0.2, 0.25) is 0 Å². The van der Waals surface area contributed by atoms with E-state index in [4.69, 9.17) is 9.72 Å². The van der Waals surface area contributed by atoms with Crippen molar-refractivity contribution in [3.63, 3.8) is 0 Å². The van der Waals surface area contributed by atoms with Gasteiger partial charge in [-0.2, -0.15) is 0 Å². The van der Waals surface area contributed by atoms with Crippen LogP contribution in [0.5, 0.6) is 5.75 Å². The SMILES string of the molecule is COc1cc(C(=O)N2CC3CCC2[C@@H]3C)cc2nc(-c3cc4ccc(Nc5cc(C)ncc5C)cc4n3CC3CC3)n(C)c12. The monoisotopic (exact) mass is 588 g/mol. The molecule has 1 aliphatic heterocycles. The number of ether oxygens (including phenoxy) is 1. The molecule has 3 fully saturated rings. The number of rotatable bonds is 7. The molecule has 8 rings (SSSR count). The van der Waals surface area contributed by atoms with Crippen LogP contribution in [-0.4, -0.2) is 49.6 Å². The van der Waals surface area contributed by atoms with Crippen molar-refractivity contribution in [2.75, 3.05) is 19.0 Å². The molecule has 5 aromatic rings. The first-order chi connectivity index (χ1) is 21.3. The van der Waals surface area contributed by atoms with Gasteiger partial charge in [-0.25, -0.2) is 4.98 Å². The van der Waals surface area contributed by atoms with Crippen LogP contribution >= 0.6 is 0 Å². The number of aromatic nitrogens is 4. The van der Waals surface area contributed by atoms with Gasteiger partial charge in [-0.3, -0.25) is 9.78 Å². The van der Waals surface area contributed by atoms with Crippen LogP contribution < -0.4 is 10.1 Å². The van der Waals surface area contributed by atoms with E-state index in [9.17, 15) is 4.79 Å². The van der Waals surface area contributed by atoms with Crippen molar-refractivity contribution >= 4 is 39.2 Å². The third-order valence-corrected chi connectivity index (χ3v) is 10.5. The lowest BCUT2D eigenvalue weighted by atomic mass is 10.0. The number of hydrogen-bond donors (Lipinski definition) is 1. The Kier molecular flexibility index (Phi) is 6.26. The molecule has 2 bridgehead atoms. The van der Waals surface area contributed by atoms with Crippen molar-refractivity contribution in [1.82, 2.24) is 24.0 Å². The fourth-order valence-electron chi connectivity index (χ4n) is 7.72. The Morgan fingerprint density at radius 3 is 2.64 bits per heavy atom. The molecular weight excluding hydrogens is 548 g/mol. The van der Waals surface area contributed by atoms with Crippen LogP contribution in [-0.2, 0) is 13.6 Å². The highest BCUT2D eigenvalue weighted by molar-refractivity contribution is 6.00. The lowest BCUT2D eigenvalue weighted by Crippen LogP contribution is -2.38. The second kappa shape index (κ2) is 10.1. The molecule has 1 amide bonds. The summed E-state index contributed by atoms with van der Waals surface area (Å²) in [4.78, 5) is 25.5. The number of carbonyl (C=O) groups is 1. The third kappa shape index (κ3) is 4.37. The number of nitrogens with zero attached hydrogens (tertiary/aromatic N) is 5. The molecule has 2 aliphatic carbocycles. The summed E-state index contributed by atoms with van der Waals surface area (Å²) < 4.78 is 10.5. The van der Waals surface area contributed by atoms with Gasteiger partial charge >= 0.3 is 0 Å². The standard InChI is InChI=1S/C36H40N6O2/c1-20-17-37-21(2)12-28(20)38-27-10-8-24-14-32(41(31(24)16-27)18-23-6-7-23)35-39-29-13-26(15-33(44-5)34(29)40(35)4)36(43)42-19-25-9-11-30(42)22(25)3/h8,10,12-17,22-23,25,30H,6-7,9,11,18-19H2,1-5H3,(H,37,38)/t22-,25?,30?/m1/s1. The molecule has 3 atom stereocenters. The van der Waals surface area contributed by atoms with Gasteiger partial charge < -0.3 is 24.1 Å². The first-order valence-corrected chi connectivity index (χ1v) is 16.0. The zero-order chi connectivity index (χ0) is 30.3. The maximum absolute atomic E-state index is 13.8. The Balaban J connectivity index is 1.21. The highest BCUT2D eigenvalue weighted by Crippen LogP contribution is 2.44. The number of hydrogen-bond acceptors (Lipinski definition) is 5. The number of anilines is 2. The number of carbonyl (C=O) groups excluding carboxylic acids is 1. The average molecular weight is 589 g/mol. The number of nitrogens with one attached hydrogen (secondary N) is 1. The summed E-state index contributed by atoms with van der Waals surface area (Å²) in [5, 5.41) is 4.81. The molecule has 8 nitrogen and oxygen atoms in total. The Hall–Kier alpha value is -4.33. The van der Waals surface area contributed by atoms with E-state index in [0.29, 0.717) is 35.1 Å². The number of amides is 1. The molecule has 1 N–H and O–H groups in total. The summed E-state index contributed by atoms with van der Waals surface area (Å²) in [5.74, 6) is 3.54. The predicted molar refractivity (Wildman–Crippen MR) is 175 cm³/mol. The lowest BCUT2D eigenvalue weighted by Gasteiger charge is -2.27. The summed E-state index contributed by atoms with van der Waals surface area (Å²) >= 11 is 0. The predicted octanol–water partition coefficient (Wildman–Crippen LogP) is 7.24. The molecule has 44 heavy (non-hydrogen) atoms. The van der Waals surface area contributed by atoms with Gasteiger partial charge in [-0.15, -0.1) is 0 Å². The number of fused-ring (bicyclic) bond motifs is 4. The fraction of sp³-hybridized carbons (Fsp3) is 0.417. The first kappa shape index (κ1) is 27.2. The molecule has 2 saturated carbocycles. The quantitative estimate of drug-likeness (QED) is 0.217. The summed E-state index contributed by atoms with van der Waals surface area (Å²) in [6.45, 7) is 8.20. The van der Waals surface area contributed by atoms with Gasteiger partial charge in [-0.1, -0.05) is 13.0 Å². The summed E-state index contributed by atoms with van der Waals surface area (Å²) in [6.07, 6.45) is 6.77. The van der Waals surface area contributed by atoms with E-state index in [1.807, 2.05) is 25.3 Å². The summed E-state index contributed by atoms with van der Waals surface area (Å²) in [7, 11) is 3.73. The van der Waals surface area contributed by atoms with E-state index < -0.39 is 0 Å². The molecule has 3 aliphatic rings.